The highest BCUT2D eigenvalue weighted by Crippen LogP contribution is 2.31. The lowest BCUT2D eigenvalue weighted by molar-refractivity contribution is 0.102. The Balaban J connectivity index is 1.52. The number of aromatic nitrogens is 2. The minimum atomic E-state index is -0.541. The van der Waals surface area contributed by atoms with Gasteiger partial charge in [-0.15, -0.1) is 0 Å². The van der Waals surface area contributed by atoms with E-state index >= 15 is 0 Å². The van der Waals surface area contributed by atoms with Crippen LogP contribution in [0.15, 0.2) is 54.9 Å². The summed E-state index contributed by atoms with van der Waals surface area (Å²) in [6.45, 7) is 0.852. The van der Waals surface area contributed by atoms with Crippen molar-refractivity contribution in [1.82, 2.24) is 9.97 Å². The second-order valence-electron chi connectivity index (χ2n) is 6.23. The van der Waals surface area contributed by atoms with Gasteiger partial charge in [0.1, 0.15) is 11.5 Å². The van der Waals surface area contributed by atoms with Crippen molar-refractivity contribution in [3.05, 3.63) is 77.0 Å². The van der Waals surface area contributed by atoms with Crippen molar-refractivity contribution in [2.45, 2.75) is 12.8 Å². The van der Waals surface area contributed by atoms with E-state index in [-0.39, 0.29) is 10.7 Å². The van der Waals surface area contributed by atoms with Crippen LogP contribution < -0.4 is 10.2 Å². The van der Waals surface area contributed by atoms with Crippen LogP contribution in [0.4, 0.5) is 21.6 Å². The summed E-state index contributed by atoms with van der Waals surface area (Å²) in [5.41, 5.74) is 2.96. The summed E-state index contributed by atoms with van der Waals surface area (Å²) in [6.07, 6.45) is 5.11. The van der Waals surface area contributed by atoms with Crippen molar-refractivity contribution < 1.29 is 9.18 Å². The van der Waals surface area contributed by atoms with Gasteiger partial charge < -0.3 is 10.2 Å². The molecule has 4 rings (SSSR count). The van der Waals surface area contributed by atoms with Gasteiger partial charge in [-0.1, -0.05) is 29.8 Å². The van der Waals surface area contributed by atoms with E-state index in [0.717, 1.165) is 25.1 Å². The number of hydrogen-bond donors (Lipinski definition) is 1. The number of aryl methyl sites for hydroxylation is 1. The highest BCUT2D eigenvalue weighted by atomic mass is 35.5. The summed E-state index contributed by atoms with van der Waals surface area (Å²) in [5.74, 6) is -0.278. The van der Waals surface area contributed by atoms with Gasteiger partial charge in [0.15, 0.2) is 5.82 Å². The zero-order valence-corrected chi connectivity index (χ0v) is 15.1. The number of carbonyl (C=O) groups is 1. The summed E-state index contributed by atoms with van der Waals surface area (Å²) < 4.78 is 13.2. The van der Waals surface area contributed by atoms with E-state index in [9.17, 15) is 9.18 Å². The molecule has 5 nitrogen and oxygen atoms in total. The first kappa shape index (κ1) is 17.4. The van der Waals surface area contributed by atoms with E-state index in [4.69, 9.17) is 11.6 Å². The number of benzene rings is 2. The number of hydrogen-bond acceptors (Lipinski definition) is 4. The maximum Gasteiger partial charge on any atom is 0.275 e. The summed E-state index contributed by atoms with van der Waals surface area (Å²) in [5, 5.41) is 2.58. The molecule has 1 N–H and O–H groups in total. The van der Waals surface area contributed by atoms with Gasteiger partial charge in [-0.3, -0.25) is 4.79 Å². The molecule has 0 atom stereocenters. The van der Waals surface area contributed by atoms with Crippen LogP contribution in [0.5, 0.6) is 0 Å². The average molecular weight is 383 g/mol. The van der Waals surface area contributed by atoms with E-state index in [1.54, 1.807) is 6.20 Å². The summed E-state index contributed by atoms with van der Waals surface area (Å²) in [6, 6.07) is 12.2. The molecule has 0 saturated heterocycles. The second kappa shape index (κ2) is 7.32. The summed E-state index contributed by atoms with van der Waals surface area (Å²) in [4.78, 5) is 23.1. The Labute approximate surface area is 160 Å². The van der Waals surface area contributed by atoms with Gasteiger partial charge >= 0.3 is 0 Å². The minimum absolute atomic E-state index is 0.0574. The molecule has 7 heteroatoms. The first-order valence-corrected chi connectivity index (χ1v) is 8.93. The molecule has 0 saturated carbocycles. The monoisotopic (exact) mass is 382 g/mol. The maximum atomic E-state index is 13.2. The zero-order chi connectivity index (χ0) is 18.8. The number of rotatable bonds is 3. The predicted molar refractivity (Wildman–Crippen MR) is 103 cm³/mol. The Bertz CT molecular complexity index is 994. The third-order valence-corrected chi connectivity index (χ3v) is 4.72. The van der Waals surface area contributed by atoms with Gasteiger partial charge in [-0.25, -0.2) is 14.4 Å². The van der Waals surface area contributed by atoms with Gasteiger partial charge in [-0.05, 0) is 42.7 Å². The number of nitrogens with one attached hydrogen (secondary N) is 1. The van der Waals surface area contributed by atoms with Gasteiger partial charge in [0.25, 0.3) is 5.91 Å². The number of amides is 1. The molecular formula is C20H16ClFN4O. The van der Waals surface area contributed by atoms with Crippen LogP contribution in [-0.2, 0) is 6.42 Å². The molecule has 0 spiro atoms. The van der Waals surface area contributed by atoms with Crippen LogP contribution in [-0.4, -0.2) is 22.4 Å². The summed E-state index contributed by atoms with van der Waals surface area (Å²) in [7, 11) is 0. The highest BCUT2D eigenvalue weighted by molar-refractivity contribution is 6.31. The van der Waals surface area contributed by atoms with Crippen LogP contribution in [0.2, 0.25) is 5.02 Å². The normalized spacial score (nSPS) is 13.2. The fraction of sp³-hybridized carbons (Fsp3) is 0.150. The van der Waals surface area contributed by atoms with Crippen molar-refractivity contribution in [2.24, 2.45) is 0 Å². The van der Waals surface area contributed by atoms with E-state index in [1.165, 1.54) is 30.0 Å². The Hall–Kier alpha value is -2.99. The molecule has 1 aliphatic heterocycles. The zero-order valence-electron chi connectivity index (χ0n) is 14.3. The number of fused-ring (bicyclic) bond motifs is 1. The second-order valence-corrected chi connectivity index (χ2v) is 6.63. The quantitative estimate of drug-likeness (QED) is 0.718. The van der Waals surface area contributed by atoms with Crippen molar-refractivity contribution >= 4 is 34.7 Å². The molecule has 1 aromatic heterocycles. The van der Waals surface area contributed by atoms with Gasteiger partial charge in [-0.2, -0.15) is 0 Å². The third kappa shape index (κ3) is 3.61. The Morgan fingerprint density at radius 3 is 2.78 bits per heavy atom. The average Bonchev–Trinajstić information content (AvgIpc) is 2.70. The van der Waals surface area contributed by atoms with Crippen molar-refractivity contribution in [3.8, 4) is 0 Å². The SMILES string of the molecule is O=C(Nc1ccc(F)c(Cl)c1)c1cnc(N2CCCc3ccccc32)cn1. The topological polar surface area (TPSA) is 58.1 Å². The van der Waals surface area contributed by atoms with E-state index in [0.29, 0.717) is 11.5 Å². The number of anilines is 3. The largest absolute Gasteiger partial charge is 0.325 e. The Morgan fingerprint density at radius 2 is 2.00 bits per heavy atom. The predicted octanol–water partition coefficient (Wildman–Crippen LogP) is 4.61. The number of carbonyl (C=O) groups excluding carboxylic acids is 1. The Morgan fingerprint density at radius 1 is 1.15 bits per heavy atom. The van der Waals surface area contributed by atoms with Gasteiger partial charge in [0, 0.05) is 17.9 Å². The van der Waals surface area contributed by atoms with Crippen molar-refractivity contribution in [2.75, 3.05) is 16.8 Å². The van der Waals surface area contributed by atoms with Crippen LogP contribution in [0.3, 0.4) is 0 Å². The molecule has 3 aromatic rings. The van der Waals surface area contributed by atoms with Gasteiger partial charge in [0.05, 0.1) is 17.4 Å². The van der Waals surface area contributed by atoms with Crippen LogP contribution >= 0.6 is 11.6 Å². The molecule has 2 aromatic carbocycles. The number of para-hydroxylation sites is 1. The molecule has 0 radical (unpaired) electrons. The molecule has 27 heavy (non-hydrogen) atoms. The molecule has 2 heterocycles. The lowest BCUT2D eigenvalue weighted by Crippen LogP contribution is -2.25. The lowest BCUT2D eigenvalue weighted by Gasteiger charge is -2.30. The highest BCUT2D eigenvalue weighted by Gasteiger charge is 2.19. The minimum Gasteiger partial charge on any atom is -0.325 e. The maximum absolute atomic E-state index is 13.2. The van der Waals surface area contributed by atoms with E-state index < -0.39 is 11.7 Å². The van der Waals surface area contributed by atoms with Gasteiger partial charge in [0.2, 0.25) is 0 Å². The third-order valence-electron chi connectivity index (χ3n) is 4.44. The first-order valence-electron chi connectivity index (χ1n) is 8.56. The fourth-order valence-electron chi connectivity index (χ4n) is 3.12. The van der Waals surface area contributed by atoms with E-state index in [1.807, 2.05) is 12.1 Å². The van der Waals surface area contributed by atoms with E-state index in [2.05, 4.69) is 32.3 Å². The summed E-state index contributed by atoms with van der Waals surface area (Å²) >= 11 is 5.73. The van der Waals surface area contributed by atoms with Crippen LogP contribution in [0, 0.1) is 5.82 Å². The molecular weight excluding hydrogens is 367 g/mol. The molecule has 1 amide bonds. The lowest BCUT2D eigenvalue weighted by atomic mass is 10.0. The number of halogens is 2. The Kier molecular flexibility index (Phi) is 4.73. The van der Waals surface area contributed by atoms with Crippen molar-refractivity contribution in [3.63, 3.8) is 0 Å². The molecule has 0 aliphatic carbocycles. The fourth-order valence-corrected chi connectivity index (χ4v) is 3.30. The standard InChI is InChI=1S/C20H16ClFN4O/c21-15-10-14(7-8-16(15)22)25-20(27)17-11-24-19(12-23-17)26-9-3-5-13-4-1-2-6-18(13)26/h1-2,4,6-8,10-12H,3,5,9H2,(H,25,27). The molecule has 0 fully saturated rings. The first-order chi connectivity index (χ1) is 13.1. The molecule has 0 unspecified atom stereocenters. The smallest absolute Gasteiger partial charge is 0.275 e. The molecule has 136 valence electrons. The van der Waals surface area contributed by atoms with Crippen molar-refractivity contribution in [1.29, 1.82) is 0 Å². The van der Waals surface area contributed by atoms with Crippen LogP contribution in [0.1, 0.15) is 22.5 Å². The van der Waals surface area contributed by atoms with Crippen LogP contribution in [0.25, 0.3) is 0 Å². The number of nitrogens with zero attached hydrogens (tertiary/aromatic N) is 3. The molecule has 1 aliphatic rings. The molecule has 0 bridgehead atoms.